The number of hydrogen-bond acceptors (Lipinski definition) is 4. The van der Waals surface area contributed by atoms with Crippen LogP contribution in [0.1, 0.15) is 28.8 Å². The van der Waals surface area contributed by atoms with E-state index in [2.05, 4.69) is 0 Å². The molecule has 0 bridgehead atoms. The van der Waals surface area contributed by atoms with Gasteiger partial charge in [0.15, 0.2) is 0 Å². The maximum Gasteiger partial charge on any atom is 0.341 e. The van der Waals surface area contributed by atoms with Crippen LogP contribution in [-0.2, 0) is 11.3 Å². The van der Waals surface area contributed by atoms with Crippen LogP contribution in [0.25, 0.3) is 0 Å². The average Bonchev–Trinajstić information content (AvgIpc) is 2.46. The van der Waals surface area contributed by atoms with Gasteiger partial charge < -0.3 is 14.1 Å². The average molecular weight is 211 g/mol. The first-order valence-electron chi connectivity index (χ1n) is 4.95. The number of nitrogens with zero attached hydrogens (tertiary/aromatic N) is 1. The summed E-state index contributed by atoms with van der Waals surface area (Å²) in [7, 11) is 3.89. The Kier molecular flexibility index (Phi) is 3.91. The van der Waals surface area contributed by atoms with Gasteiger partial charge in [-0.05, 0) is 34.0 Å². The summed E-state index contributed by atoms with van der Waals surface area (Å²) in [4.78, 5) is 13.4. The number of esters is 1. The van der Waals surface area contributed by atoms with E-state index in [-0.39, 0.29) is 5.97 Å². The molecule has 0 aliphatic rings. The number of furan rings is 1. The molecule has 1 heterocycles. The summed E-state index contributed by atoms with van der Waals surface area (Å²) in [6, 6.07) is 1.74. The Morgan fingerprint density at radius 3 is 2.73 bits per heavy atom. The molecule has 0 fully saturated rings. The molecule has 0 N–H and O–H groups in total. The molecule has 0 aliphatic carbocycles. The van der Waals surface area contributed by atoms with Gasteiger partial charge in [-0.3, -0.25) is 0 Å². The molecule has 0 spiro atoms. The SMILES string of the molecule is CCOC(=O)c1cc(CN(C)C)oc1C. The molecular formula is C11H17NO3. The number of ether oxygens (including phenoxy) is 1. The second-order valence-corrected chi connectivity index (χ2v) is 3.64. The van der Waals surface area contributed by atoms with Gasteiger partial charge >= 0.3 is 5.97 Å². The lowest BCUT2D eigenvalue weighted by molar-refractivity contribution is 0.0524. The third kappa shape index (κ3) is 3.09. The summed E-state index contributed by atoms with van der Waals surface area (Å²) < 4.78 is 10.4. The monoisotopic (exact) mass is 211 g/mol. The number of hydrogen-bond donors (Lipinski definition) is 0. The highest BCUT2D eigenvalue weighted by Crippen LogP contribution is 2.16. The second-order valence-electron chi connectivity index (χ2n) is 3.64. The van der Waals surface area contributed by atoms with Gasteiger partial charge in [-0.25, -0.2) is 4.79 Å². The van der Waals surface area contributed by atoms with E-state index in [1.807, 2.05) is 19.0 Å². The zero-order chi connectivity index (χ0) is 11.4. The van der Waals surface area contributed by atoms with Crippen LogP contribution < -0.4 is 0 Å². The summed E-state index contributed by atoms with van der Waals surface area (Å²) in [5, 5.41) is 0. The maximum atomic E-state index is 11.5. The smallest absolute Gasteiger partial charge is 0.341 e. The molecule has 1 aromatic heterocycles. The van der Waals surface area contributed by atoms with Crippen molar-refractivity contribution in [2.75, 3.05) is 20.7 Å². The molecule has 4 nitrogen and oxygen atoms in total. The Labute approximate surface area is 89.8 Å². The van der Waals surface area contributed by atoms with Crippen LogP contribution in [0.3, 0.4) is 0 Å². The first-order chi connectivity index (χ1) is 7.04. The Bertz CT molecular complexity index is 342. The highest BCUT2D eigenvalue weighted by molar-refractivity contribution is 5.90. The fraction of sp³-hybridized carbons (Fsp3) is 0.545. The fourth-order valence-corrected chi connectivity index (χ4v) is 1.34. The predicted octanol–water partition coefficient (Wildman–Crippen LogP) is 1.83. The largest absolute Gasteiger partial charge is 0.464 e. The number of rotatable bonds is 4. The van der Waals surface area contributed by atoms with Gasteiger partial charge in [0.05, 0.1) is 13.2 Å². The van der Waals surface area contributed by atoms with Crippen LogP contribution in [0.2, 0.25) is 0 Å². The Morgan fingerprint density at radius 2 is 2.20 bits per heavy atom. The van der Waals surface area contributed by atoms with E-state index >= 15 is 0 Å². The lowest BCUT2D eigenvalue weighted by Gasteiger charge is -2.05. The highest BCUT2D eigenvalue weighted by atomic mass is 16.5. The normalized spacial score (nSPS) is 10.7. The Balaban J connectivity index is 2.81. The van der Waals surface area contributed by atoms with Gasteiger partial charge in [0.2, 0.25) is 0 Å². The van der Waals surface area contributed by atoms with E-state index in [4.69, 9.17) is 9.15 Å². The van der Waals surface area contributed by atoms with Crippen LogP contribution in [0.5, 0.6) is 0 Å². The van der Waals surface area contributed by atoms with Crippen LogP contribution in [0.15, 0.2) is 10.5 Å². The van der Waals surface area contributed by atoms with Gasteiger partial charge in [0, 0.05) is 0 Å². The summed E-state index contributed by atoms with van der Waals surface area (Å²) in [5.41, 5.74) is 0.522. The lowest BCUT2D eigenvalue weighted by atomic mass is 10.2. The van der Waals surface area contributed by atoms with Crippen molar-refractivity contribution in [3.05, 3.63) is 23.2 Å². The number of carbonyl (C=O) groups is 1. The number of carbonyl (C=O) groups excluding carboxylic acids is 1. The standard InChI is InChI=1S/C11H17NO3/c1-5-14-11(13)10-6-9(7-12(3)4)15-8(10)2/h6H,5,7H2,1-4H3. The van der Waals surface area contributed by atoms with E-state index in [1.54, 1.807) is 19.9 Å². The molecular weight excluding hydrogens is 194 g/mol. The van der Waals surface area contributed by atoms with Gasteiger partial charge in [-0.15, -0.1) is 0 Å². The van der Waals surface area contributed by atoms with Crippen molar-refractivity contribution in [1.29, 1.82) is 0 Å². The molecule has 0 aromatic carbocycles. The molecule has 4 heteroatoms. The summed E-state index contributed by atoms with van der Waals surface area (Å²) in [6.07, 6.45) is 0. The van der Waals surface area contributed by atoms with Gasteiger partial charge in [0.25, 0.3) is 0 Å². The molecule has 0 saturated heterocycles. The first kappa shape index (κ1) is 11.8. The summed E-state index contributed by atoms with van der Waals surface area (Å²) in [6.45, 7) is 4.62. The minimum absolute atomic E-state index is 0.316. The topological polar surface area (TPSA) is 42.7 Å². The molecule has 0 unspecified atom stereocenters. The van der Waals surface area contributed by atoms with Crippen LogP contribution in [0.4, 0.5) is 0 Å². The lowest BCUT2D eigenvalue weighted by Crippen LogP contribution is -2.09. The van der Waals surface area contributed by atoms with Crippen molar-refractivity contribution < 1.29 is 13.9 Å². The molecule has 1 rings (SSSR count). The quantitative estimate of drug-likeness (QED) is 0.712. The van der Waals surface area contributed by atoms with Gasteiger partial charge in [-0.1, -0.05) is 0 Å². The minimum atomic E-state index is -0.316. The van der Waals surface area contributed by atoms with E-state index < -0.39 is 0 Å². The van der Waals surface area contributed by atoms with Crippen molar-refractivity contribution in [2.24, 2.45) is 0 Å². The molecule has 0 amide bonds. The van der Waals surface area contributed by atoms with Crippen LogP contribution in [0, 0.1) is 6.92 Å². The molecule has 1 aromatic rings. The van der Waals surface area contributed by atoms with E-state index in [0.29, 0.717) is 24.5 Å². The van der Waals surface area contributed by atoms with Crippen molar-refractivity contribution in [3.63, 3.8) is 0 Å². The predicted molar refractivity (Wildman–Crippen MR) is 56.8 cm³/mol. The van der Waals surface area contributed by atoms with E-state index in [0.717, 1.165) is 5.76 Å². The molecule has 0 atom stereocenters. The second kappa shape index (κ2) is 4.98. The van der Waals surface area contributed by atoms with Crippen molar-refractivity contribution in [2.45, 2.75) is 20.4 Å². The molecule has 0 saturated carbocycles. The molecule has 15 heavy (non-hydrogen) atoms. The third-order valence-corrected chi connectivity index (χ3v) is 1.94. The van der Waals surface area contributed by atoms with Crippen molar-refractivity contribution >= 4 is 5.97 Å². The molecule has 0 radical (unpaired) electrons. The van der Waals surface area contributed by atoms with Crippen LogP contribution in [-0.4, -0.2) is 31.6 Å². The number of aryl methyl sites for hydroxylation is 1. The minimum Gasteiger partial charge on any atom is -0.464 e. The maximum absolute atomic E-state index is 11.5. The van der Waals surface area contributed by atoms with Crippen molar-refractivity contribution in [1.82, 2.24) is 4.90 Å². The van der Waals surface area contributed by atoms with E-state index in [1.165, 1.54) is 0 Å². The fourth-order valence-electron chi connectivity index (χ4n) is 1.34. The Hall–Kier alpha value is -1.29. The van der Waals surface area contributed by atoms with Crippen LogP contribution >= 0.6 is 0 Å². The molecule has 84 valence electrons. The van der Waals surface area contributed by atoms with E-state index in [9.17, 15) is 4.79 Å². The Morgan fingerprint density at radius 1 is 1.53 bits per heavy atom. The zero-order valence-electron chi connectivity index (χ0n) is 9.66. The van der Waals surface area contributed by atoms with Crippen molar-refractivity contribution in [3.8, 4) is 0 Å². The first-order valence-corrected chi connectivity index (χ1v) is 4.95. The van der Waals surface area contributed by atoms with Gasteiger partial charge in [0.1, 0.15) is 17.1 Å². The summed E-state index contributed by atoms with van der Waals surface area (Å²) in [5.74, 6) is 1.08. The summed E-state index contributed by atoms with van der Waals surface area (Å²) >= 11 is 0. The third-order valence-electron chi connectivity index (χ3n) is 1.94. The highest BCUT2D eigenvalue weighted by Gasteiger charge is 2.15. The zero-order valence-corrected chi connectivity index (χ0v) is 9.66. The van der Waals surface area contributed by atoms with Gasteiger partial charge in [-0.2, -0.15) is 0 Å². The molecule has 0 aliphatic heterocycles.